The van der Waals surface area contributed by atoms with Crippen molar-refractivity contribution in [1.82, 2.24) is 9.80 Å². The summed E-state index contributed by atoms with van der Waals surface area (Å²) in [6.07, 6.45) is 0. The Morgan fingerprint density at radius 2 is 2.00 bits per heavy atom. The molecule has 2 rings (SSSR count). The van der Waals surface area contributed by atoms with Gasteiger partial charge in [0.05, 0.1) is 0 Å². The zero-order valence-corrected chi connectivity index (χ0v) is 13.1. The molecule has 1 fully saturated rings. The fraction of sp³-hybridized carbons (Fsp3) is 0.600. The van der Waals surface area contributed by atoms with Crippen molar-refractivity contribution in [2.24, 2.45) is 5.73 Å². The molecule has 20 heavy (non-hydrogen) atoms. The van der Waals surface area contributed by atoms with E-state index < -0.39 is 0 Å². The van der Waals surface area contributed by atoms with Gasteiger partial charge in [-0.1, -0.05) is 11.6 Å². The first kappa shape index (κ1) is 15.6. The Kier molecular flexibility index (Phi) is 5.66. The van der Waals surface area contributed by atoms with Crippen molar-refractivity contribution < 1.29 is 4.74 Å². The van der Waals surface area contributed by atoms with Crippen molar-refractivity contribution in [3.8, 4) is 5.75 Å². The van der Waals surface area contributed by atoms with Gasteiger partial charge < -0.3 is 15.4 Å². The Balaban J connectivity index is 1.85. The Labute approximate surface area is 126 Å². The lowest BCUT2D eigenvalue weighted by Gasteiger charge is -2.32. The summed E-state index contributed by atoms with van der Waals surface area (Å²) in [6.45, 7) is 8.07. The maximum Gasteiger partial charge on any atom is 0.124 e. The van der Waals surface area contributed by atoms with Gasteiger partial charge in [-0.05, 0) is 32.2 Å². The third-order valence-corrected chi connectivity index (χ3v) is 3.96. The second-order valence-electron chi connectivity index (χ2n) is 5.46. The molecule has 112 valence electrons. The van der Waals surface area contributed by atoms with Crippen molar-refractivity contribution in [1.29, 1.82) is 0 Å². The summed E-state index contributed by atoms with van der Waals surface area (Å²) < 4.78 is 5.89. The molecule has 4 nitrogen and oxygen atoms in total. The number of benzene rings is 1. The summed E-state index contributed by atoms with van der Waals surface area (Å²) in [7, 11) is 2.16. The summed E-state index contributed by atoms with van der Waals surface area (Å²) >= 11 is 6.01. The average Bonchev–Trinajstić information content (AvgIpc) is 2.42. The molecule has 2 N–H and O–H groups in total. The van der Waals surface area contributed by atoms with Crippen LogP contribution >= 0.6 is 11.6 Å². The first-order valence-electron chi connectivity index (χ1n) is 7.15. The normalized spacial score (nSPS) is 19.0. The van der Waals surface area contributed by atoms with Gasteiger partial charge in [0.15, 0.2) is 0 Å². The number of rotatable bonds is 5. The van der Waals surface area contributed by atoms with Crippen LogP contribution in [0.3, 0.4) is 0 Å². The largest absolute Gasteiger partial charge is 0.492 e. The molecule has 1 saturated heterocycles. The predicted molar refractivity (Wildman–Crippen MR) is 83.5 cm³/mol. The number of nitrogens with zero attached hydrogens (tertiary/aromatic N) is 2. The molecule has 0 aliphatic carbocycles. The topological polar surface area (TPSA) is 41.7 Å². The van der Waals surface area contributed by atoms with E-state index in [0.29, 0.717) is 11.6 Å². The highest BCUT2D eigenvalue weighted by Crippen LogP contribution is 2.27. The Morgan fingerprint density at radius 3 is 2.65 bits per heavy atom. The van der Waals surface area contributed by atoms with E-state index in [0.717, 1.165) is 44.0 Å². The number of hydrogen-bond donors (Lipinski definition) is 1. The van der Waals surface area contributed by atoms with Crippen LogP contribution in [0.1, 0.15) is 18.5 Å². The standard InChI is InChI=1S/C15H24ClN3O/c1-12(17)14-11-13(16)3-4-15(14)20-10-9-19-7-5-18(2)6-8-19/h3-4,11-12H,5-10,17H2,1-2H3. The predicted octanol–water partition coefficient (Wildman–Crippen LogP) is 1.99. The highest BCUT2D eigenvalue weighted by molar-refractivity contribution is 6.30. The molecule has 0 saturated carbocycles. The van der Waals surface area contributed by atoms with Crippen LogP contribution in [0.25, 0.3) is 0 Å². The van der Waals surface area contributed by atoms with Crippen LogP contribution in [0.4, 0.5) is 0 Å². The lowest BCUT2D eigenvalue weighted by atomic mass is 10.1. The van der Waals surface area contributed by atoms with Gasteiger partial charge in [-0.15, -0.1) is 0 Å². The molecule has 1 heterocycles. The number of hydrogen-bond acceptors (Lipinski definition) is 4. The lowest BCUT2D eigenvalue weighted by molar-refractivity contribution is 0.133. The van der Waals surface area contributed by atoms with E-state index in [2.05, 4.69) is 16.8 Å². The summed E-state index contributed by atoms with van der Waals surface area (Å²) in [5, 5.41) is 0.698. The highest BCUT2D eigenvalue weighted by atomic mass is 35.5. The van der Waals surface area contributed by atoms with E-state index >= 15 is 0 Å². The third-order valence-electron chi connectivity index (χ3n) is 3.72. The number of halogens is 1. The molecule has 0 bridgehead atoms. The van der Waals surface area contributed by atoms with E-state index in [1.54, 1.807) is 0 Å². The van der Waals surface area contributed by atoms with Gasteiger partial charge in [0.2, 0.25) is 0 Å². The molecule has 1 aliphatic rings. The fourth-order valence-electron chi connectivity index (χ4n) is 2.36. The molecule has 1 aromatic rings. The van der Waals surface area contributed by atoms with Crippen molar-refractivity contribution in [2.45, 2.75) is 13.0 Å². The molecule has 5 heteroatoms. The van der Waals surface area contributed by atoms with Gasteiger partial charge in [-0.2, -0.15) is 0 Å². The first-order valence-corrected chi connectivity index (χ1v) is 7.53. The molecule has 0 radical (unpaired) electrons. The summed E-state index contributed by atoms with van der Waals surface area (Å²) in [5.41, 5.74) is 6.93. The van der Waals surface area contributed by atoms with E-state index in [1.165, 1.54) is 0 Å². The molecular formula is C15H24ClN3O. The van der Waals surface area contributed by atoms with Crippen LogP contribution < -0.4 is 10.5 Å². The Bertz CT molecular complexity index is 431. The highest BCUT2D eigenvalue weighted by Gasteiger charge is 2.14. The zero-order chi connectivity index (χ0) is 14.5. The number of nitrogens with two attached hydrogens (primary N) is 1. The Hall–Kier alpha value is -0.810. The van der Waals surface area contributed by atoms with Crippen LogP contribution in [0, 0.1) is 0 Å². The van der Waals surface area contributed by atoms with Crippen LogP contribution in [0.5, 0.6) is 5.75 Å². The third kappa shape index (κ3) is 4.35. The van der Waals surface area contributed by atoms with Gasteiger partial charge in [-0.25, -0.2) is 0 Å². The van der Waals surface area contributed by atoms with Gasteiger partial charge in [0, 0.05) is 49.4 Å². The average molecular weight is 298 g/mol. The summed E-state index contributed by atoms with van der Waals surface area (Å²) in [5.74, 6) is 0.846. The summed E-state index contributed by atoms with van der Waals surface area (Å²) in [4.78, 5) is 4.78. The number of ether oxygens (including phenoxy) is 1. The van der Waals surface area contributed by atoms with Gasteiger partial charge in [0.25, 0.3) is 0 Å². The minimum Gasteiger partial charge on any atom is -0.492 e. The van der Waals surface area contributed by atoms with Gasteiger partial charge in [0.1, 0.15) is 12.4 Å². The van der Waals surface area contributed by atoms with E-state index in [-0.39, 0.29) is 6.04 Å². The van der Waals surface area contributed by atoms with Crippen LogP contribution in [0.2, 0.25) is 5.02 Å². The van der Waals surface area contributed by atoms with Crippen molar-refractivity contribution >= 4 is 11.6 Å². The van der Waals surface area contributed by atoms with Crippen LogP contribution in [0.15, 0.2) is 18.2 Å². The second kappa shape index (κ2) is 7.27. The molecule has 0 aromatic heterocycles. The minimum absolute atomic E-state index is 0.0765. The lowest BCUT2D eigenvalue weighted by Crippen LogP contribution is -2.45. The smallest absolute Gasteiger partial charge is 0.124 e. The Morgan fingerprint density at radius 1 is 1.30 bits per heavy atom. The number of piperazine rings is 1. The monoisotopic (exact) mass is 297 g/mol. The van der Waals surface area contributed by atoms with E-state index in [1.807, 2.05) is 25.1 Å². The zero-order valence-electron chi connectivity index (χ0n) is 12.3. The van der Waals surface area contributed by atoms with Crippen molar-refractivity contribution in [2.75, 3.05) is 46.4 Å². The number of likely N-dealkylation sites (N-methyl/N-ethyl adjacent to an activating group) is 1. The first-order chi connectivity index (χ1) is 9.56. The molecule has 1 aliphatic heterocycles. The fourth-order valence-corrected chi connectivity index (χ4v) is 2.54. The van der Waals surface area contributed by atoms with Gasteiger partial charge >= 0.3 is 0 Å². The molecule has 1 unspecified atom stereocenters. The SMILES string of the molecule is CC(N)c1cc(Cl)ccc1OCCN1CCN(C)CC1. The molecular weight excluding hydrogens is 274 g/mol. The van der Waals surface area contributed by atoms with Crippen LogP contribution in [-0.2, 0) is 0 Å². The van der Waals surface area contributed by atoms with Crippen LogP contribution in [-0.4, -0.2) is 56.2 Å². The van der Waals surface area contributed by atoms with Crippen molar-refractivity contribution in [3.63, 3.8) is 0 Å². The summed E-state index contributed by atoms with van der Waals surface area (Å²) in [6, 6.07) is 5.56. The molecule has 1 atom stereocenters. The maximum atomic E-state index is 6.01. The molecule has 0 spiro atoms. The van der Waals surface area contributed by atoms with E-state index in [9.17, 15) is 0 Å². The van der Waals surface area contributed by atoms with Crippen molar-refractivity contribution in [3.05, 3.63) is 28.8 Å². The second-order valence-corrected chi connectivity index (χ2v) is 5.90. The molecule has 0 amide bonds. The van der Waals surface area contributed by atoms with E-state index in [4.69, 9.17) is 22.1 Å². The molecule has 1 aromatic carbocycles. The quantitative estimate of drug-likeness (QED) is 0.902. The maximum absolute atomic E-state index is 6.01. The van der Waals surface area contributed by atoms with Gasteiger partial charge in [-0.3, -0.25) is 4.90 Å². The minimum atomic E-state index is -0.0765.